The Balaban J connectivity index is 2.53. The van der Waals surface area contributed by atoms with Crippen molar-refractivity contribution in [3.8, 4) is 12.3 Å². The Kier molecular flexibility index (Phi) is 5.37. The average molecular weight is 240 g/mol. The molecule has 1 atom stereocenters. The lowest BCUT2D eigenvalue weighted by atomic mass is 10.2. The van der Waals surface area contributed by atoms with Crippen LogP contribution in [-0.4, -0.2) is 16.0 Å². The predicted molar refractivity (Wildman–Crippen MR) is 67.3 cm³/mol. The van der Waals surface area contributed by atoms with Gasteiger partial charge in [0.25, 0.3) is 0 Å². The second kappa shape index (κ2) is 6.57. The summed E-state index contributed by atoms with van der Waals surface area (Å²) in [6.45, 7) is 4.72. The topological polar surface area (TPSA) is 40.7 Å². The van der Waals surface area contributed by atoms with Crippen LogP contribution in [-0.2, 0) is 13.0 Å². The van der Waals surface area contributed by atoms with E-state index in [2.05, 4.69) is 28.1 Å². The van der Waals surface area contributed by atoms with Gasteiger partial charge in [-0.3, -0.25) is 5.32 Å². The lowest BCUT2D eigenvalue weighted by Gasteiger charge is -2.05. The maximum atomic E-state index is 6.02. The zero-order chi connectivity index (χ0) is 12.0. The number of rotatable bonds is 6. The molecule has 0 fully saturated rings. The fraction of sp³-hybridized carbons (Fsp3) is 0.583. The minimum absolute atomic E-state index is 0.0402. The Labute approximate surface area is 102 Å². The van der Waals surface area contributed by atoms with E-state index in [1.54, 1.807) is 0 Å². The van der Waals surface area contributed by atoms with E-state index in [0.29, 0.717) is 11.7 Å². The summed E-state index contributed by atoms with van der Waals surface area (Å²) in [5, 5.41) is 3.71. The molecule has 0 saturated heterocycles. The third-order valence-electron chi connectivity index (χ3n) is 2.38. The number of imidazole rings is 1. The van der Waals surface area contributed by atoms with Crippen LogP contribution in [0, 0.1) is 12.3 Å². The molecule has 16 heavy (non-hydrogen) atoms. The van der Waals surface area contributed by atoms with Crippen LogP contribution in [0.15, 0.2) is 0 Å². The second-order valence-corrected chi connectivity index (χ2v) is 4.18. The molecule has 3 nitrogen and oxygen atoms in total. The molecule has 1 aromatic rings. The number of nitrogens with zero attached hydrogens (tertiary/aromatic N) is 1. The predicted octanol–water partition coefficient (Wildman–Crippen LogP) is 2.52. The Morgan fingerprint density at radius 1 is 1.62 bits per heavy atom. The molecule has 2 N–H and O–H groups in total. The highest BCUT2D eigenvalue weighted by atomic mass is 35.5. The van der Waals surface area contributed by atoms with Gasteiger partial charge < -0.3 is 4.98 Å². The number of hydrogen-bond acceptors (Lipinski definition) is 2. The van der Waals surface area contributed by atoms with Crippen molar-refractivity contribution in [3.05, 3.63) is 16.7 Å². The first-order valence-corrected chi connectivity index (χ1v) is 5.98. The van der Waals surface area contributed by atoms with Gasteiger partial charge in [0.1, 0.15) is 5.82 Å². The van der Waals surface area contributed by atoms with E-state index in [1.807, 2.05) is 6.92 Å². The number of hydrogen-bond donors (Lipinski definition) is 2. The van der Waals surface area contributed by atoms with Crippen molar-refractivity contribution in [2.24, 2.45) is 0 Å². The van der Waals surface area contributed by atoms with Gasteiger partial charge >= 0.3 is 0 Å². The van der Waals surface area contributed by atoms with Crippen LogP contribution in [0.2, 0.25) is 5.15 Å². The van der Waals surface area contributed by atoms with Gasteiger partial charge in [0.05, 0.1) is 11.7 Å². The number of aromatic nitrogens is 2. The van der Waals surface area contributed by atoms with E-state index in [-0.39, 0.29) is 6.04 Å². The fourth-order valence-electron chi connectivity index (χ4n) is 1.33. The van der Waals surface area contributed by atoms with E-state index in [1.165, 1.54) is 0 Å². The lowest BCUT2D eigenvalue weighted by molar-refractivity contribution is 0.638. The van der Waals surface area contributed by atoms with E-state index in [0.717, 1.165) is 30.8 Å². The number of terminal acetylenes is 1. The molecule has 0 radical (unpaired) electrons. The minimum Gasteiger partial charge on any atom is -0.344 e. The van der Waals surface area contributed by atoms with Crippen molar-refractivity contribution in [3.63, 3.8) is 0 Å². The first kappa shape index (κ1) is 13.1. The van der Waals surface area contributed by atoms with E-state index < -0.39 is 0 Å². The van der Waals surface area contributed by atoms with Crippen molar-refractivity contribution < 1.29 is 0 Å². The van der Waals surface area contributed by atoms with Crippen LogP contribution in [0.4, 0.5) is 0 Å². The fourth-order valence-corrected chi connectivity index (χ4v) is 1.55. The smallest absolute Gasteiger partial charge is 0.151 e. The molecule has 0 bridgehead atoms. The maximum Gasteiger partial charge on any atom is 0.151 e. The number of halogens is 1. The first-order valence-electron chi connectivity index (χ1n) is 5.60. The van der Waals surface area contributed by atoms with Crippen LogP contribution in [0.3, 0.4) is 0 Å². The van der Waals surface area contributed by atoms with Crippen molar-refractivity contribution in [1.29, 1.82) is 0 Å². The standard InChI is InChI=1S/C12H18ClN3/c1-4-6-7-11-15-10(12(13)16-11)8-14-9(3)5-2/h2,9,14H,4,6-8H2,1,3H3,(H,15,16). The highest BCUT2D eigenvalue weighted by Crippen LogP contribution is 2.14. The largest absolute Gasteiger partial charge is 0.344 e. The van der Waals surface area contributed by atoms with Gasteiger partial charge in [-0.1, -0.05) is 30.9 Å². The lowest BCUT2D eigenvalue weighted by Crippen LogP contribution is -2.23. The molecule has 0 amide bonds. The molecule has 1 aromatic heterocycles. The molecular weight excluding hydrogens is 222 g/mol. The van der Waals surface area contributed by atoms with Gasteiger partial charge in [0.15, 0.2) is 5.15 Å². The molecule has 0 saturated carbocycles. The molecule has 1 heterocycles. The van der Waals surface area contributed by atoms with Crippen molar-refractivity contribution in [1.82, 2.24) is 15.3 Å². The summed E-state index contributed by atoms with van der Waals surface area (Å²) in [4.78, 5) is 7.49. The van der Waals surface area contributed by atoms with Crippen molar-refractivity contribution in [2.75, 3.05) is 0 Å². The van der Waals surface area contributed by atoms with E-state index >= 15 is 0 Å². The number of nitrogens with one attached hydrogen (secondary N) is 2. The summed E-state index contributed by atoms with van der Waals surface area (Å²) in [7, 11) is 0. The molecule has 1 rings (SSSR count). The minimum atomic E-state index is 0.0402. The van der Waals surface area contributed by atoms with Gasteiger partial charge in [0.2, 0.25) is 0 Å². The third kappa shape index (κ3) is 3.88. The molecule has 0 aromatic carbocycles. The SMILES string of the molecule is C#CC(C)NCc1[nH]c(CCCC)nc1Cl. The van der Waals surface area contributed by atoms with Gasteiger partial charge in [-0.05, 0) is 13.3 Å². The highest BCUT2D eigenvalue weighted by molar-refractivity contribution is 6.30. The number of unbranched alkanes of at least 4 members (excludes halogenated alkanes) is 1. The zero-order valence-electron chi connectivity index (χ0n) is 9.81. The van der Waals surface area contributed by atoms with E-state index in [4.69, 9.17) is 18.0 Å². The van der Waals surface area contributed by atoms with Crippen molar-refractivity contribution in [2.45, 2.75) is 45.7 Å². The number of H-pyrrole nitrogens is 1. The van der Waals surface area contributed by atoms with Crippen LogP contribution in [0.1, 0.15) is 38.2 Å². The molecule has 0 spiro atoms. The molecule has 4 heteroatoms. The summed E-state index contributed by atoms with van der Waals surface area (Å²) < 4.78 is 0. The Morgan fingerprint density at radius 3 is 3.00 bits per heavy atom. The highest BCUT2D eigenvalue weighted by Gasteiger charge is 2.08. The third-order valence-corrected chi connectivity index (χ3v) is 2.69. The molecule has 0 aliphatic carbocycles. The quantitative estimate of drug-likeness (QED) is 0.749. The normalized spacial score (nSPS) is 12.4. The van der Waals surface area contributed by atoms with Gasteiger partial charge in [-0.25, -0.2) is 4.98 Å². The van der Waals surface area contributed by atoms with E-state index in [9.17, 15) is 0 Å². The summed E-state index contributed by atoms with van der Waals surface area (Å²) >= 11 is 6.02. The van der Waals surface area contributed by atoms with Crippen LogP contribution >= 0.6 is 11.6 Å². The summed E-state index contributed by atoms with van der Waals surface area (Å²) in [5.74, 6) is 3.56. The maximum absolute atomic E-state index is 6.02. The Bertz CT molecular complexity index is 365. The summed E-state index contributed by atoms with van der Waals surface area (Å²) in [6, 6.07) is 0.0402. The van der Waals surface area contributed by atoms with Gasteiger partial charge in [0, 0.05) is 13.0 Å². The van der Waals surface area contributed by atoms with Crippen LogP contribution in [0.5, 0.6) is 0 Å². The number of aryl methyl sites for hydroxylation is 1. The second-order valence-electron chi connectivity index (χ2n) is 3.83. The molecule has 1 unspecified atom stereocenters. The molecule has 88 valence electrons. The summed E-state index contributed by atoms with van der Waals surface area (Å²) in [5.41, 5.74) is 0.912. The molecule has 0 aliphatic rings. The molecule has 0 aliphatic heterocycles. The zero-order valence-corrected chi connectivity index (χ0v) is 10.6. The Hall–Kier alpha value is -0.980. The first-order chi connectivity index (χ1) is 7.67. The summed E-state index contributed by atoms with van der Waals surface area (Å²) in [6.07, 6.45) is 8.49. The Morgan fingerprint density at radius 2 is 2.38 bits per heavy atom. The number of aromatic amines is 1. The van der Waals surface area contributed by atoms with Gasteiger partial charge in [-0.15, -0.1) is 6.42 Å². The van der Waals surface area contributed by atoms with Crippen LogP contribution in [0.25, 0.3) is 0 Å². The average Bonchev–Trinajstić information content (AvgIpc) is 2.64. The van der Waals surface area contributed by atoms with Crippen LogP contribution < -0.4 is 5.32 Å². The molecular formula is C12H18ClN3. The van der Waals surface area contributed by atoms with Gasteiger partial charge in [-0.2, -0.15) is 0 Å². The monoisotopic (exact) mass is 239 g/mol. The van der Waals surface area contributed by atoms with Crippen molar-refractivity contribution >= 4 is 11.6 Å².